The van der Waals surface area contributed by atoms with E-state index in [4.69, 9.17) is 21.1 Å². The van der Waals surface area contributed by atoms with Crippen molar-refractivity contribution < 1.29 is 19.1 Å². The molecule has 0 spiro atoms. The molecule has 3 aromatic carbocycles. The Morgan fingerprint density at radius 2 is 1.61 bits per heavy atom. The van der Waals surface area contributed by atoms with Crippen LogP contribution in [0.4, 0.5) is 5.69 Å². The van der Waals surface area contributed by atoms with Crippen LogP contribution in [0.2, 0.25) is 5.02 Å². The Balaban J connectivity index is 1.62. The molecule has 0 aliphatic carbocycles. The van der Waals surface area contributed by atoms with E-state index in [2.05, 4.69) is 5.32 Å². The number of nitrogens with zero attached hydrogens (tertiary/aromatic N) is 1. The van der Waals surface area contributed by atoms with E-state index in [1.54, 1.807) is 25.3 Å². The molecule has 0 radical (unpaired) electrons. The summed E-state index contributed by atoms with van der Waals surface area (Å²) in [5, 5.41) is 3.52. The van der Waals surface area contributed by atoms with Crippen molar-refractivity contribution in [2.45, 2.75) is 6.42 Å². The van der Waals surface area contributed by atoms with Crippen molar-refractivity contribution in [1.29, 1.82) is 0 Å². The molecule has 6 nitrogen and oxygen atoms in total. The van der Waals surface area contributed by atoms with Crippen LogP contribution < -0.4 is 14.8 Å². The predicted octanol–water partition coefficient (Wildman–Crippen LogP) is 4.79. The monoisotopic (exact) mass is 462 g/mol. The molecule has 0 atom stereocenters. The van der Waals surface area contributed by atoms with Gasteiger partial charge < -0.3 is 14.8 Å². The average molecular weight is 463 g/mol. The van der Waals surface area contributed by atoms with Crippen LogP contribution in [0.1, 0.15) is 11.1 Å². The third kappa shape index (κ3) is 4.71. The van der Waals surface area contributed by atoms with Gasteiger partial charge in [-0.3, -0.25) is 14.5 Å². The third-order valence-electron chi connectivity index (χ3n) is 5.43. The van der Waals surface area contributed by atoms with Crippen molar-refractivity contribution >= 4 is 34.7 Å². The molecule has 0 bridgehead atoms. The van der Waals surface area contributed by atoms with Gasteiger partial charge in [0.15, 0.2) is 0 Å². The summed E-state index contributed by atoms with van der Waals surface area (Å²) in [5.41, 5.74) is 2.82. The van der Waals surface area contributed by atoms with Gasteiger partial charge in [-0.05, 0) is 47.9 Å². The number of halogens is 1. The molecule has 0 unspecified atom stereocenters. The van der Waals surface area contributed by atoms with Gasteiger partial charge in [0.1, 0.15) is 17.2 Å². The minimum absolute atomic E-state index is 0.224. The van der Waals surface area contributed by atoms with Crippen molar-refractivity contribution in [3.05, 3.63) is 94.6 Å². The van der Waals surface area contributed by atoms with Gasteiger partial charge >= 0.3 is 0 Å². The van der Waals surface area contributed by atoms with Gasteiger partial charge in [-0.2, -0.15) is 0 Å². The molecule has 0 aromatic heterocycles. The Bertz CT molecular complexity index is 1210. The highest BCUT2D eigenvalue weighted by Gasteiger charge is 2.38. The topological polar surface area (TPSA) is 67.9 Å². The molecule has 0 fully saturated rings. The fourth-order valence-electron chi connectivity index (χ4n) is 3.69. The maximum atomic E-state index is 13.3. The number of anilines is 1. The maximum Gasteiger partial charge on any atom is 0.278 e. The molecular formula is C26H23ClN2O4. The van der Waals surface area contributed by atoms with Crippen LogP contribution in [0.15, 0.2) is 78.5 Å². The second-order valence-corrected chi connectivity index (χ2v) is 7.86. The molecule has 0 saturated carbocycles. The maximum absolute atomic E-state index is 13.3. The molecule has 1 heterocycles. The van der Waals surface area contributed by atoms with E-state index in [1.807, 2.05) is 54.6 Å². The molecule has 2 amide bonds. The molecule has 3 aromatic rings. The van der Waals surface area contributed by atoms with E-state index in [1.165, 1.54) is 12.0 Å². The Morgan fingerprint density at radius 1 is 0.879 bits per heavy atom. The van der Waals surface area contributed by atoms with E-state index in [0.29, 0.717) is 34.0 Å². The van der Waals surface area contributed by atoms with Crippen LogP contribution in [-0.4, -0.2) is 37.5 Å². The van der Waals surface area contributed by atoms with Crippen molar-refractivity contribution in [1.82, 2.24) is 4.90 Å². The zero-order valence-corrected chi connectivity index (χ0v) is 19.1. The molecule has 33 heavy (non-hydrogen) atoms. The van der Waals surface area contributed by atoms with Crippen LogP contribution >= 0.6 is 11.6 Å². The summed E-state index contributed by atoms with van der Waals surface area (Å²) in [4.78, 5) is 28.0. The van der Waals surface area contributed by atoms with E-state index in [9.17, 15) is 9.59 Å². The molecule has 7 heteroatoms. The Morgan fingerprint density at radius 3 is 2.24 bits per heavy atom. The number of benzene rings is 3. The number of ether oxygens (including phenoxy) is 2. The number of hydrogen-bond acceptors (Lipinski definition) is 5. The zero-order valence-electron chi connectivity index (χ0n) is 18.3. The molecular weight excluding hydrogens is 440 g/mol. The van der Waals surface area contributed by atoms with E-state index >= 15 is 0 Å². The summed E-state index contributed by atoms with van der Waals surface area (Å²) in [6.45, 7) is 0.259. The lowest BCUT2D eigenvalue weighted by Crippen LogP contribution is -2.34. The molecule has 1 aliphatic rings. The van der Waals surface area contributed by atoms with Crippen LogP contribution in [-0.2, 0) is 16.0 Å². The number of imide groups is 1. The van der Waals surface area contributed by atoms with Crippen LogP contribution in [0.25, 0.3) is 5.57 Å². The highest BCUT2D eigenvalue weighted by molar-refractivity contribution is 6.36. The first-order chi connectivity index (χ1) is 16.0. The Hall–Kier alpha value is -3.77. The van der Waals surface area contributed by atoms with Crippen molar-refractivity contribution in [3.63, 3.8) is 0 Å². The van der Waals surface area contributed by atoms with Gasteiger partial charge in [-0.1, -0.05) is 54.1 Å². The van der Waals surface area contributed by atoms with Crippen molar-refractivity contribution in [3.8, 4) is 11.5 Å². The van der Waals surface area contributed by atoms with Crippen molar-refractivity contribution in [2.24, 2.45) is 0 Å². The standard InChI is InChI=1S/C26H23ClN2O4/c1-32-20-11-8-17(9-12-20)14-15-29-25(30)23(18-6-4-3-5-7-18)24(26(29)31)28-19-10-13-22(33-2)21(27)16-19/h3-13,16,28H,14-15H2,1-2H3. The quantitative estimate of drug-likeness (QED) is 0.487. The smallest absolute Gasteiger partial charge is 0.278 e. The lowest BCUT2D eigenvalue weighted by molar-refractivity contribution is -0.136. The molecule has 1 aliphatic heterocycles. The summed E-state index contributed by atoms with van der Waals surface area (Å²) in [7, 11) is 3.14. The predicted molar refractivity (Wildman–Crippen MR) is 128 cm³/mol. The third-order valence-corrected chi connectivity index (χ3v) is 5.73. The number of nitrogens with one attached hydrogen (secondary N) is 1. The largest absolute Gasteiger partial charge is 0.497 e. The lowest BCUT2D eigenvalue weighted by Gasteiger charge is -2.15. The summed E-state index contributed by atoms with van der Waals surface area (Å²) in [5.74, 6) is 0.570. The van der Waals surface area contributed by atoms with E-state index < -0.39 is 0 Å². The number of rotatable bonds is 8. The first kappa shape index (κ1) is 22.4. The second-order valence-electron chi connectivity index (χ2n) is 7.45. The molecule has 4 rings (SSSR count). The number of methoxy groups -OCH3 is 2. The Kier molecular flexibility index (Phi) is 6.66. The summed E-state index contributed by atoms with van der Waals surface area (Å²) in [6, 6.07) is 21.8. The van der Waals surface area contributed by atoms with Gasteiger partial charge in [-0.15, -0.1) is 0 Å². The SMILES string of the molecule is COc1ccc(CCN2C(=O)C(Nc3ccc(OC)c(Cl)c3)=C(c3ccccc3)C2=O)cc1. The van der Waals surface area contributed by atoms with Crippen LogP contribution in [0, 0.1) is 0 Å². The summed E-state index contributed by atoms with van der Waals surface area (Å²) in [6.07, 6.45) is 0.533. The van der Waals surface area contributed by atoms with Gasteiger partial charge in [-0.25, -0.2) is 0 Å². The molecule has 1 N–H and O–H groups in total. The first-order valence-corrected chi connectivity index (χ1v) is 10.8. The minimum Gasteiger partial charge on any atom is -0.497 e. The fourth-order valence-corrected chi connectivity index (χ4v) is 3.95. The minimum atomic E-state index is -0.376. The van der Waals surface area contributed by atoms with Gasteiger partial charge in [0, 0.05) is 12.2 Å². The van der Waals surface area contributed by atoms with E-state index in [-0.39, 0.29) is 24.1 Å². The number of carbonyl (C=O) groups excluding carboxylic acids is 2. The number of hydrogen-bond donors (Lipinski definition) is 1. The molecule has 168 valence electrons. The lowest BCUT2D eigenvalue weighted by atomic mass is 10.0. The highest BCUT2D eigenvalue weighted by Crippen LogP contribution is 2.33. The number of carbonyl (C=O) groups is 2. The molecule has 0 saturated heterocycles. The first-order valence-electron chi connectivity index (χ1n) is 10.4. The van der Waals surface area contributed by atoms with Gasteiger partial charge in [0.25, 0.3) is 11.8 Å². The Labute approximate surface area is 197 Å². The van der Waals surface area contributed by atoms with Gasteiger partial charge in [0.2, 0.25) is 0 Å². The normalized spacial score (nSPS) is 13.5. The summed E-state index contributed by atoms with van der Waals surface area (Å²) < 4.78 is 10.4. The number of amides is 2. The van der Waals surface area contributed by atoms with E-state index in [0.717, 1.165) is 11.3 Å². The highest BCUT2D eigenvalue weighted by atomic mass is 35.5. The summed E-state index contributed by atoms with van der Waals surface area (Å²) >= 11 is 6.25. The second kappa shape index (κ2) is 9.79. The van der Waals surface area contributed by atoms with Crippen molar-refractivity contribution in [2.75, 3.05) is 26.1 Å². The fraction of sp³-hybridized carbons (Fsp3) is 0.154. The van der Waals surface area contributed by atoms with Crippen LogP contribution in [0.5, 0.6) is 11.5 Å². The van der Waals surface area contributed by atoms with Crippen LogP contribution in [0.3, 0.4) is 0 Å². The average Bonchev–Trinajstić information content (AvgIpc) is 3.07. The zero-order chi connectivity index (χ0) is 23.4. The van der Waals surface area contributed by atoms with Gasteiger partial charge in [0.05, 0.1) is 24.8 Å².